The third-order valence-corrected chi connectivity index (χ3v) is 6.85. The van der Waals surface area contributed by atoms with Gasteiger partial charge in [0.05, 0.1) is 18.5 Å². The van der Waals surface area contributed by atoms with Gasteiger partial charge in [0, 0.05) is 18.5 Å². The molecule has 1 amide bonds. The molecule has 2 aromatic carbocycles. The first-order valence-corrected chi connectivity index (χ1v) is 12.0. The lowest BCUT2D eigenvalue weighted by Crippen LogP contribution is -3.07. The van der Waals surface area contributed by atoms with Gasteiger partial charge in [0.1, 0.15) is 18.1 Å². The van der Waals surface area contributed by atoms with Gasteiger partial charge in [0.15, 0.2) is 15.6 Å². The Morgan fingerprint density at radius 3 is 2.45 bits per heavy atom. The van der Waals surface area contributed by atoms with E-state index >= 15 is 0 Å². The standard InChI is InChI=1S/C24H28N2O4S/c1-19-9-6-7-12-23(19)31(28,29)18-21-13-14-22(30-21)24(27)25-15-8-16-26(2)17-20-10-4-3-5-11-20/h3-7,9-14H,8,15-18H2,1-2H3,(H,25,27)/p+1. The Morgan fingerprint density at radius 2 is 1.71 bits per heavy atom. The van der Waals surface area contributed by atoms with Crippen LogP contribution >= 0.6 is 0 Å². The van der Waals surface area contributed by atoms with Crippen molar-refractivity contribution in [2.45, 2.75) is 30.5 Å². The summed E-state index contributed by atoms with van der Waals surface area (Å²) in [5.41, 5.74) is 1.97. The highest BCUT2D eigenvalue weighted by molar-refractivity contribution is 7.90. The normalized spacial score (nSPS) is 12.5. The van der Waals surface area contributed by atoms with Crippen molar-refractivity contribution in [2.75, 3.05) is 20.1 Å². The number of furan rings is 1. The SMILES string of the molecule is Cc1ccccc1S(=O)(=O)Cc1ccc(C(=O)NCCC[NH+](C)Cc2ccccc2)o1. The Kier molecular flexibility index (Phi) is 7.65. The van der Waals surface area contributed by atoms with E-state index in [1.807, 2.05) is 18.2 Å². The average molecular weight is 442 g/mol. The molecule has 0 bridgehead atoms. The van der Waals surface area contributed by atoms with Crippen LogP contribution in [0.15, 0.2) is 76.0 Å². The van der Waals surface area contributed by atoms with Gasteiger partial charge in [-0.15, -0.1) is 0 Å². The van der Waals surface area contributed by atoms with Crippen LogP contribution in [0.3, 0.4) is 0 Å². The molecule has 2 N–H and O–H groups in total. The molecule has 31 heavy (non-hydrogen) atoms. The molecule has 0 saturated carbocycles. The zero-order valence-electron chi connectivity index (χ0n) is 17.9. The van der Waals surface area contributed by atoms with Crippen molar-refractivity contribution in [1.82, 2.24) is 5.32 Å². The van der Waals surface area contributed by atoms with Crippen LogP contribution in [0.1, 0.15) is 33.9 Å². The Hall–Kier alpha value is -2.90. The van der Waals surface area contributed by atoms with Crippen LogP contribution in [0.4, 0.5) is 0 Å². The molecule has 164 valence electrons. The second-order valence-electron chi connectivity index (χ2n) is 7.77. The largest absolute Gasteiger partial charge is 0.455 e. The summed E-state index contributed by atoms with van der Waals surface area (Å²) in [5, 5.41) is 2.84. The maximum absolute atomic E-state index is 12.6. The predicted molar refractivity (Wildman–Crippen MR) is 120 cm³/mol. The summed E-state index contributed by atoms with van der Waals surface area (Å²) in [6.45, 7) is 4.15. The Bertz CT molecular complexity index is 1110. The van der Waals surface area contributed by atoms with E-state index in [-0.39, 0.29) is 28.1 Å². The molecule has 1 heterocycles. The lowest BCUT2D eigenvalue weighted by Gasteiger charge is -2.14. The van der Waals surface area contributed by atoms with Gasteiger partial charge in [-0.25, -0.2) is 8.42 Å². The molecule has 1 atom stereocenters. The molecule has 0 aliphatic rings. The van der Waals surface area contributed by atoms with Gasteiger partial charge in [0.25, 0.3) is 5.91 Å². The second-order valence-corrected chi connectivity index (χ2v) is 9.73. The maximum atomic E-state index is 12.6. The fourth-order valence-corrected chi connectivity index (χ4v) is 4.99. The minimum atomic E-state index is -3.54. The van der Waals surface area contributed by atoms with Gasteiger partial charge in [-0.05, 0) is 30.7 Å². The zero-order chi connectivity index (χ0) is 22.3. The van der Waals surface area contributed by atoms with Gasteiger partial charge in [-0.1, -0.05) is 48.5 Å². The highest BCUT2D eigenvalue weighted by Gasteiger charge is 2.20. The number of quaternary nitrogens is 1. The molecule has 0 spiro atoms. The molecular weight excluding hydrogens is 412 g/mol. The summed E-state index contributed by atoms with van der Waals surface area (Å²) in [6.07, 6.45) is 0.833. The van der Waals surface area contributed by atoms with Gasteiger partial charge in [-0.2, -0.15) is 0 Å². The quantitative estimate of drug-likeness (QED) is 0.474. The topological polar surface area (TPSA) is 80.8 Å². The summed E-state index contributed by atoms with van der Waals surface area (Å²) in [6, 6.07) is 20.2. The maximum Gasteiger partial charge on any atom is 0.286 e. The van der Waals surface area contributed by atoms with Gasteiger partial charge in [0.2, 0.25) is 0 Å². The number of amides is 1. The summed E-state index contributed by atoms with van der Waals surface area (Å²) in [7, 11) is -1.41. The minimum Gasteiger partial charge on any atom is -0.455 e. The van der Waals surface area contributed by atoms with Crippen molar-refractivity contribution in [3.63, 3.8) is 0 Å². The fraction of sp³-hybridized carbons (Fsp3) is 0.292. The molecule has 1 aromatic heterocycles. The number of nitrogens with one attached hydrogen (secondary N) is 2. The fourth-order valence-electron chi connectivity index (χ4n) is 3.46. The third kappa shape index (κ3) is 6.54. The van der Waals surface area contributed by atoms with E-state index in [1.165, 1.54) is 16.5 Å². The molecule has 0 aliphatic heterocycles. The van der Waals surface area contributed by atoms with Crippen LogP contribution in [0.5, 0.6) is 0 Å². The molecule has 3 aromatic rings. The van der Waals surface area contributed by atoms with Crippen LogP contribution in [-0.4, -0.2) is 34.5 Å². The summed E-state index contributed by atoms with van der Waals surface area (Å²) >= 11 is 0. The zero-order valence-corrected chi connectivity index (χ0v) is 18.7. The van der Waals surface area contributed by atoms with Crippen molar-refractivity contribution >= 4 is 15.7 Å². The number of carbonyl (C=O) groups is 1. The molecule has 3 rings (SSSR count). The summed E-state index contributed by atoms with van der Waals surface area (Å²) in [4.78, 5) is 14.0. The number of sulfone groups is 1. The highest BCUT2D eigenvalue weighted by atomic mass is 32.2. The number of hydrogen-bond acceptors (Lipinski definition) is 4. The predicted octanol–water partition coefficient (Wildman–Crippen LogP) is 2.40. The molecule has 7 heteroatoms. The van der Waals surface area contributed by atoms with E-state index in [9.17, 15) is 13.2 Å². The monoisotopic (exact) mass is 441 g/mol. The molecule has 6 nitrogen and oxygen atoms in total. The van der Waals surface area contributed by atoms with Gasteiger partial charge in [-0.3, -0.25) is 4.79 Å². The first-order valence-electron chi connectivity index (χ1n) is 10.4. The van der Waals surface area contributed by atoms with Crippen LogP contribution in [0.25, 0.3) is 0 Å². The molecule has 0 radical (unpaired) electrons. The average Bonchev–Trinajstić information content (AvgIpc) is 3.20. The van der Waals surface area contributed by atoms with Crippen LogP contribution in [0, 0.1) is 6.92 Å². The lowest BCUT2D eigenvalue weighted by atomic mass is 10.2. The van der Waals surface area contributed by atoms with Gasteiger partial charge >= 0.3 is 0 Å². The number of hydrogen-bond donors (Lipinski definition) is 2. The first kappa shape index (κ1) is 22.8. The number of carbonyl (C=O) groups excluding carboxylic acids is 1. The van der Waals surface area contributed by atoms with E-state index in [0.717, 1.165) is 19.5 Å². The van der Waals surface area contributed by atoms with E-state index < -0.39 is 9.84 Å². The Morgan fingerprint density at radius 1 is 1.00 bits per heavy atom. The van der Waals surface area contributed by atoms with Crippen molar-refractivity contribution in [3.05, 3.63) is 89.4 Å². The number of rotatable bonds is 10. The smallest absolute Gasteiger partial charge is 0.286 e. The molecule has 0 aliphatic carbocycles. The first-order chi connectivity index (χ1) is 14.8. The van der Waals surface area contributed by atoms with E-state index in [2.05, 4.69) is 24.5 Å². The van der Waals surface area contributed by atoms with Crippen LogP contribution < -0.4 is 10.2 Å². The van der Waals surface area contributed by atoms with E-state index in [0.29, 0.717) is 12.1 Å². The van der Waals surface area contributed by atoms with Gasteiger partial charge < -0.3 is 14.6 Å². The van der Waals surface area contributed by atoms with Crippen molar-refractivity contribution in [3.8, 4) is 0 Å². The molecular formula is C24H29N2O4S+. The van der Waals surface area contributed by atoms with Crippen molar-refractivity contribution in [1.29, 1.82) is 0 Å². The lowest BCUT2D eigenvalue weighted by molar-refractivity contribution is -0.893. The van der Waals surface area contributed by atoms with E-state index in [1.54, 1.807) is 37.3 Å². The summed E-state index contributed by atoms with van der Waals surface area (Å²) in [5.74, 6) is -0.237. The minimum absolute atomic E-state index is 0.125. The summed E-state index contributed by atoms with van der Waals surface area (Å²) < 4.78 is 30.8. The highest BCUT2D eigenvalue weighted by Crippen LogP contribution is 2.21. The van der Waals surface area contributed by atoms with Crippen LogP contribution in [-0.2, 0) is 22.1 Å². The van der Waals surface area contributed by atoms with E-state index in [4.69, 9.17) is 4.42 Å². The number of aryl methyl sites for hydroxylation is 1. The van der Waals surface area contributed by atoms with Crippen molar-refractivity contribution < 1.29 is 22.5 Å². The Labute approximate surface area is 183 Å². The van der Waals surface area contributed by atoms with Crippen LogP contribution in [0.2, 0.25) is 0 Å². The third-order valence-electron chi connectivity index (χ3n) is 5.06. The number of benzene rings is 2. The van der Waals surface area contributed by atoms with Crippen molar-refractivity contribution in [2.24, 2.45) is 0 Å². The molecule has 0 saturated heterocycles. The second kappa shape index (κ2) is 10.4. The molecule has 0 fully saturated rings. The Balaban J connectivity index is 1.46. The molecule has 1 unspecified atom stereocenters.